The van der Waals surface area contributed by atoms with E-state index in [0.717, 1.165) is 15.6 Å². The van der Waals surface area contributed by atoms with Crippen molar-refractivity contribution in [3.8, 4) is 17.2 Å². The Kier molecular flexibility index (Phi) is 2.92. The van der Waals surface area contributed by atoms with Crippen molar-refractivity contribution in [1.29, 1.82) is 5.26 Å². The Morgan fingerprint density at radius 1 is 0.864 bits per heavy atom. The van der Waals surface area contributed by atoms with Gasteiger partial charge in [0.1, 0.15) is 5.82 Å². The molecule has 3 heteroatoms. The lowest BCUT2D eigenvalue weighted by Crippen LogP contribution is -1.89. The molecule has 0 amide bonds. The van der Waals surface area contributed by atoms with Gasteiger partial charge in [0, 0.05) is 31.3 Å². The van der Waals surface area contributed by atoms with Crippen LogP contribution in [-0.2, 0) is 0 Å². The topological polar surface area (TPSA) is 23.8 Å². The molecule has 0 aliphatic heterocycles. The second-order valence-corrected chi connectivity index (χ2v) is 6.11. The maximum Gasteiger partial charge on any atom is 0.132 e. The van der Waals surface area contributed by atoms with Gasteiger partial charge in [-0.1, -0.05) is 42.5 Å². The van der Waals surface area contributed by atoms with Crippen molar-refractivity contribution < 1.29 is 4.39 Å². The van der Waals surface area contributed by atoms with Gasteiger partial charge in [-0.25, -0.2) is 4.39 Å². The smallest absolute Gasteiger partial charge is 0.132 e. The predicted molar refractivity (Wildman–Crippen MR) is 89.4 cm³/mol. The van der Waals surface area contributed by atoms with Crippen molar-refractivity contribution in [2.75, 3.05) is 0 Å². The van der Waals surface area contributed by atoms with Crippen molar-refractivity contribution in [1.82, 2.24) is 0 Å². The SMILES string of the molecule is N#Cc1cccc(F)c1-c1cccc2c1sc1ccccc12. The van der Waals surface area contributed by atoms with E-state index >= 15 is 0 Å². The quantitative estimate of drug-likeness (QED) is 0.440. The van der Waals surface area contributed by atoms with Gasteiger partial charge in [-0.15, -0.1) is 11.3 Å². The van der Waals surface area contributed by atoms with Gasteiger partial charge in [0.15, 0.2) is 0 Å². The Balaban J connectivity index is 2.15. The van der Waals surface area contributed by atoms with Crippen LogP contribution in [-0.4, -0.2) is 0 Å². The van der Waals surface area contributed by atoms with Gasteiger partial charge in [0.25, 0.3) is 0 Å². The third kappa shape index (κ3) is 1.82. The molecule has 0 saturated carbocycles. The van der Waals surface area contributed by atoms with Crippen LogP contribution in [0.1, 0.15) is 5.56 Å². The lowest BCUT2D eigenvalue weighted by molar-refractivity contribution is 0.631. The van der Waals surface area contributed by atoms with Crippen LogP contribution in [0.15, 0.2) is 60.7 Å². The van der Waals surface area contributed by atoms with Crippen LogP contribution in [0.4, 0.5) is 4.39 Å². The van der Waals surface area contributed by atoms with E-state index in [-0.39, 0.29) is 5.82 Å². The minimum absolute atomic E-state index is 0.357. The molecule has 4 rings (SSSR count). The molecule has 0 atom stereocenters. The van der Waals surface area contributed by atoms with Crippen LogP contribution in [0.3, 0.4) is 0 Å². The Labute approximate surface area is 130 Å². The zero-order valence-electron chi connectivity index (χ0n) is 11.5. The van der Waals surface area contributed by atoms with Gasteiger partial charge in [0.2, 0.25) is 0 Å². The van der Waals surface area contributed by atoms with Crippen molar-refractivity contribution in [3.05, 3.63) is 72.0 Å². The van der Waals surface area contributed by atoms with Crippen LogP contribution in [0.2, 0.25) is 0 Å². The lowest BCUT2D eigenvalue weighted by atomic mass is 9.98. The highest BCUT2D eigenvalue weighted by Crippen LogP contribution is 2.41. The summed E-state index contributed by atoms with van der Waals surface area (Å²) in [6.07, 6.45) is 0. The molecule has 4 aromatic rings. The number of hydrogen-bond donors (Lipinski definition) is 0. The van der Waals surface area contributed by atoms with Crippen molar-refractivity contribution in [3.63, 3.8) is 0 Å². The minimum Gasteiger partial charge on any atom is -0.206 e. The lowest BCUT2D eigenvalue weighted by Gasteiger charge is -2.07. The van der Waals surface area contributed by atoms with Crippen LogP contribution in [0, 0.1) is 17.1 Å². The molecule has 0 aliphatic rings. The van der Waals surface area contributed by atoms with E-state index in [9.17, 15) is 9.65 Å². The third-order valence-electron chi connectivity index (χ3n) is 3.81. The Morgan fingerprint density at radius 3 is 2.50 bits per heavy atom. The Hall–Kier alpha value is -2.70. The van der Waals surface area contributed by atoms with Gasteiger partial charge in [-0.3, -0.25) is 0 Å². The van der Waals surface area contributed by atoms with Gasteiger partial charge in [-0.2, -0.15) is 5.26 Å². The molecule has 0 spiro atoms. The van der Waals surface area contributed by atoms with E-state index in [4.69, 9.17) is 0 Å². The molecule has 1 nitrogen and oxygen atoms in total. The van der Waals surface area contributed by atoms with E-state index in [2.05, 4.69) is 18.2 Å². The van der Waals surface area contributed by atoms with Gasteiger partial charge >= 0.3 is 0 Å². The second kappa shape index (κ2) is 4.94. The van der Waals surface area contributed by atoms with Crippen LogP contribution in [0.25, 0.3) is 31.3 Å². The fraction of sp³-hybridized carbons (Fsp3) is 0. The summed E-state index contributed by atoms with van der Waals surface area (Å²) in [4.78, 5) is 0. The molecular weight excluding hydrogens is 293 g/mol. The molecular formula is C19H10FNS. The number of nitriles is 1. The van der Waals surface area contributed by atoms with Gasteiger partial charge < -0.3 is 0 Å². The first-order chi connectivity index (χ1) is 10.8. The Bertz CT molecular complexity index is 1060. The average Bonchev–Trinajstić information content (AvgIpc) is 2.93. The molecule has 0 radical (unpaired) electrons. The highest BCUT2D eigenvalue weighted by molar-refractivity contribution is 7.26. The number of nitrogens with zero attached hydrogens (tertiary/aromatic N) is 1. The molecule has 22 heavy (non-hydrogen) atoms. The summed E-state index contributed by atoms with van der Waals surface area (Å²) in [6.45, 7) is 0. The number of fused-ring (bicyclic) bond motifs is 3. The predicted octanol–water partition coefficient (Wildman–Crippen LogP) is 5.73. The summed E-state index contributed by atoms with van der Waals surface area (Å²) in [7, 11) is 0. The van der Waals surface area contributed by atoms with E-state index in [1.165, 1.54) is 16.2 Å². The maximum absolute atomic E-state index is 14.4. The highest BCUT2D eigenvalue weighted by Gasteiger charge is 2.15. The van der Waals surface area contributed by atoms with Crippen molar-refractivity contribution in [2.45, 2.75) is 0 Å². The molecule has 0 bridgehead atoms. The van der Waals surface area contributed by atoms with Crippen LogP contribution >= 0.6 is 11.3 Å². The Morgan fingerprint density at radius 2 is 1.64 bits per heavy atom. The average molecular weight is 303 g/mol. The number of thiophene rings is 1. The first-order valence-corrected chi connectivity index (χ1v) is 7.70. The fourth-order valence-electron chi connectivity index (χ4n) is 2.84. The molecule has 3 aromatic carbocycles. The van der Waals surface area contributed by atoms with Crippen LogP contribution < -0.4 is 0 Å². The zero-order valence-corrected chi connectivity index (χ0v) is 12.3. The summed E-state index contributed by atoms with van der Waals surface area (Å²) in [5, 5.41) is 11.6. The van der Waals surface area contributed by atoms with Gasteiger partial charge in [0.05, 0.1) is 11.6 Å². The van der Waals surface area contributed by atoms with E-state index in [1.807, 2.05) is 30.3 Å². The fourth-order valence-corrected chi connectivity index (χ4v) is 4.06. The first kappa shape index (κ1) is 13.0. The molecule has 0 saturated heterocycles. The molecule has 0 aliphatic carbocycles. The molecule has 0 N–H and O–H groups in total. The number of benzene rings is 3. The summed E-state index contributed by atoms with van der Waals surface area (Å²) in [6, 6.07) is 20.7. The summed E-state index contributed by atoms with van der Waals surface area (Å²) >= 11 is 1.63. The number of rotatable bonds is 1. The molecule has 0 fully saturated rings. The first-order valence-electron chi connectivity index (χ1n) is 6.89. The normalized spacial score (nSPS) is 10.9. The van der Waals surface area contributed by atoms with E-state index in [0.29, 0.717) is 11.1 Å². The van der Waals surface area contributed by atoms with E-state index in [1.54, 1.807) is 23.5 Å². The number of hydrogen-bond acceptors (Lipinski definition) is 2. The standard InChI is InChI=1S/C19H10FNS/c20-16-9-3-5-12(11-21)18(16)15-8-4-7-14-13-6-1-2-10-17(13)22-19(14)15/h1-10H. The van der Waals surface area contributed by atoms with Gasteiger partial charge in [-0.05, 0) is 18.2 Å². The second-order valence-electron chi connectivity index (χ2n) is 5.05. The molecule has 1 aromatic heterocycles. The summed E-state index contributed by atoms with van der Waals surface area (Å²) in [5.41, 5.74) is 1.54. The molecule has 1 heterocycles. The van der Waals surface area contributed by atoms with Crippen molar-refractivity contribution in [2.24, 2.45) is 0 Å². The van der Waals surface area contributed by atoms with E-state index < -0.39 is 0 Å². The zero-order chi connectivity index (χ0) is 15.1. The minimum atomic E-state index is -0.357. The third-order valence-corrected chi connectivity index (χ3v) is 5.03. The monoisotopic (exact) mass is 303 g/mol. The van der Waals surface area contributed by atoms with Crippen molar-refractivity contribution >= 4 is 31.5 Å². The highest BCUT2D eigenvalue weighted by atomic mass is 32.1. The summed E-state index contributed by atoms with van der Waals surface area (Å²) in [5.74, 6) is -0.357. The summed E-state index contributed by atoms with van der Waals surface area (Å²) < 4.78 is 16.5. The molecule has 0 unspecified atom stereocenters. The maximum atomic E-state index is 14.4. The number of halogens is 1. The molecule has 104 valence electrons. The largest absolute Gasteiger partial charge is 0.206 e. The van der Waals surface area contributed by atoms with Crippen LogP contribution in [0.5, 0.6) is 0 Å².